The lowest BCUT2D eigenvalue weighted by Gasteiger charge is -2.13. The van der Waals surface area contributed by atoms with E-state index in [4.69, 9.17) is 5.11 Å². The van der Waals surface area contributed by atoms with Gasteiger partial charge in [-0.05, 0) is 5.56 Å². The van der Waals surface area contributed by atoms with Crippen LogP contribution in [0.25, 0.3) is 0 Å². The molecule has 0 aliphatic rings. The summed E-state index contributed by atoms with van der Waals surface area (Å²) < 4.78 is 11.9. The molecule has 72 valence electrons. The Labute approximate surface area is 76.6 Å². The average molecular weight is 184 g/mol. The number of alkyl halides is 1. The first-order valence-electron chi connectivity index (χ1n) is 4.21. The molecular weight excluding hydrogens is 171 g/mol. The van der Waals surface area contributed by atoms with E-state index in [0.717, 1.165) is 0 Å². The molecule has 0 spiro atoms. The highest BCUT2D eigenvalue weighted by Gasteiger charge is 2.12. The fraction of sp³-hybridized carbons (Fsp3) is 0.400. The fourth-order valence-corrected chi connectivity index (χ4v) is 1.13. The van der Waals surface area contributed by atoms with Crippen LogP contribution in [0.4, 0.5) is 4.39 Å². The molecule has 1 aromatic rings. The zero-order valence-corrected chi connectivity index (χ0v) is 7.23. The summed E-state index contributed by atoms with van der Waals surface area (Å²) in [6.45, 7) is -0.816. The molecule has 0 heterocycles. The highest BCUT2D eigenvalue weighted by atomic mass is 19.1. The third-order valence-corrected chi connectivity index (χ3v) is 1.86. The van der Waals surface area contributed by atoms with Crippen molar-refractivity contribution in [2.75, 3.05) is 6.67 Å². The van der Waals surface area contributed by atoms with E-state index in [-0.39, 0.29) is 6.42 Å². The minimum absolute atomic E-state index is 0.0422. The number of benzene rings is 1. The van der Waals surface area contributed by atoms with Crippen molar-refractivity contribution in [3.63, 3.8) is 0 Å². The summed E-state index contributed by atoms with van der Waals surface area (Å²) in [5, 5.41) is 18.5. The predicted octanol–water partition coefficient (Wildman–Crippen LogP) is 1.44. The van der Waals surface area contributed by atoms with E-state index in [1.807, 2.05) is 6.07 Å². The Morgan fingerprint density at radius 2 is 1.77 bits per heavy atom. The Kier molecular flexibility index (Phi) is 3.86. The van der Waals surface area contributed by atoms with Gasteiger partial charge in [0, 0.05) is 6.42 Å². The minimum atomic E-state index is -1.07. The van der Waals surface area contributed by atoms with Crippen molar-refractivity contribution in [2.24, 2.45) is 0 Å². The number of aliphatic hydroxyl groups excluding tert-OH is 2. The number of hydrogen-bond acceptors (Lipinski definition) is 2. The highest BCUT2D eigenvalue weighted by molar-refractivity contribution is 5.17. The van der Waals surface area contributed by atoms with Crippen molar-refractivity contribution >= 4 is 0 Å². The van der Waals surface area contributed by atoms with Gasteiger partial charge >= 0.3 is 0 Å². The second-order valence-electron chi connectivity index (χ2n) is 2.97. The molecule has 0 aliphatic heterocycles. The van der Waals surface area contributed by atoms with Crippen LogP contribution >= 0.6 is 0 Å². The summed E-state index contributed by atoms with van der Waals surface area (Å²) in [4.78, 5) is 0. The van der Waals surface area contributed by atoms with Gasteiger partial charge in [0.15, 0.2) is 0 Å². The zero-order chi connectivity index (χ0) is 9.68. The van der Waals surface area contributed by atoms with Gasteiger partial charge in [-0.2, -0.15) is 0 Å². The summed E-state index contributed by atoms with van der Waals surface area (Å²) >= 11 is 0. The maximum atomic E-state index is 11.9. The van der Waals surface area contributed by atoms with Gasteiger partial charge in [0.2, 0.25) is 0 Å². The van der Waals surface area contributed by atoms with Gasteiger partial charge in [0.1, 0.15) is 6.67 Å². The Bertz CT molecular complexity index is 238. The number of hydrogen-bond donors (Lipinski definition) is 2. The van der Waals surface area contributed by atoms with Crippen molar-refractivity contribution < 1.29 is 14.6 Å². The summed E-state index contributed by atoms with van der Waals surface area (Å²) in [5.41, 5.74) is 0.704. The summed E-state index contributed by atoms with van der Waals surface area (Å²) in [5.74, 6) is 0. The minimum Gasteiger partial charge on any atom is -0.390 e. The number of halogens is 1. The molecule has 0 fully saturated rings. The summed E-state index contributed by atoms with van der Waals surface area (Å²) in [6.07, 6.45) is -1.82. The normalized spacial score (nSPS) is 15.3. The quantitative estimate of drug-likeness (QED) is 0.743. The first-order chi connectivity index (χ1) is 6.24. The van der Waals surface area contributed by atoms with E-state index in [0.29, 0.717) is 5.56 Å². The van der Waals surface area contributed by atoms with E-state index in [1.165, 1.54) is 0 Å². The third-order valence-electron chi connectivity index (χ3n) is 1.86. The van der Waals surface area contributed by atoms with Crippen molar-refractivity contribution in [3.05, 3.63) is 35.9 Å². The van der Waals surface area contributed by atoms with Gasteiger partial charge in [-0.25, -0.2) is 4.39 Å². The molecular formula is C10H13FO2. The molecule has 1 rings (SSSR count). The van der Waals surface area contributed by atoms with Crippen LogP contribution in [0, 0.1) is 0 Å². The van der Waals surface area contributed by atoms with E-state index in [1.54, 1.807) is 24.3 Å². The second kappa shape index (κ2) is 4.94. The number of rotatable bonds is 4. The van der Waals surface area contributed by atoms with Crippen LogP contribution in [0.3, 0.4) is 0 Å². The topological polar surface area (TPSA) is 40.5 Å². The molecule has 0 aliphatic carbocycles. The Morgan fingerprint density at radius 1 is 1.15 bits per heavy atom. The van der Waals surface area contributed by atoms with Crippen molar-refractivity contribution in [3.8, 4) is 0 Å². The molecule has 0 amide bonds. The van der Waals surface area contributed by atoms with Gasteiger partial charge in [0.05, 0.1) is 12.2 Å². The van der Waals surface area contributed by atoms with Gasteiger partial charge in [-0.3, -0.25) is 0 Å². The van der Waals surface area contributed by atoms with Crippen molar-refractivity contribution in [2.45, 2.75) is 18.6 Å². The maximum Gasteiger partial charge on any atom is 0.115 e. The predicted molar refractivity (Wildman–Crippen MR) is 48.0 cm³/mol. The van der Waals surface area contributed by atoms with Crippen LogP contribution < -0.4 is 0 Å². The standard InChI is InChI=1S/C10H13FO2/c11-7-9(12)6-10(13)8-4-2-1-3-5-8/h1-5,9-10,12-13H,6-7H2. The van der Waals surface area contributed by atoms with Crippen LogP contribution in [-0.2, 0) is 0 Å². The Balaban J connectivity index is 2.53. The molecule has 0 radical (unpaired) electrons. The molecule has 2 nitrogen and oxygen atoms in total. The smallest absolute Gasteiger partial charge is 0.115 e. The number of aliphatic hydroxyl groups is 2. The largest absolute Gasteiger partial charge is 0.390 e. The van der Waals surface area contributed by atoms with Crippen LogP contribution in [-0.4, -0.2) is 23.0 Å². The van der Waals surface area contributed by atoms with E-state index >= 15 is 0 Å². The lowest BCUT2D eigenvalue weighted by atomic mass is 10.0. The third kappa shape index (κ3) is 3.13. The van der Waals surface area contributed by atoms with Crippen LogP contribution in [0.2, 0.25) is 0 Å². The zero-order valence-electron chi connectivity index (χ0n) is 7.23. The van der Waals surface area contributed by atoms with E-state index in [9.17, 15) is 9.50 Å². The molecule has 3 heteroatoms. The van der Waals surface area contributed by atoms with Crippen molar-refractivity contribution in [1.82, 2.24) is 0 Å². The lowest BCUT2D eigenvalue weighted by Crippen LogP contribution is -2.13. The molecule has 2 unspecified atom stereocenters. The van der Waals surface area contributed by atoms with Crippen LogP contribution in [0.15, 0.2) is 30.3 Å². The molecule has 0 saturated heterocycles. The van der Waals surface area contributed by atoms with Gasteiger partial charge < -0.3 is 10.2 Å². The van der Waals surface area contributed by atoms with Gasteiger partial charge in [-0.15, -0.1) is 0 Å². The molecule has 1 aromatic carbocycles. The fourth-order valence-electron chi connectivity index (χ4n) is 1.13. The monoisotopic (exact) mass is 184 g/mol. The van der Waals surface area contributed by atoms with Crippen LogP contribution in [0.5, 0.6) is 0 Å². The summed E-state index contributed by atoms with van der Waals surface area (Å²) in [7, 11) is 0. The van der Waals surface area contributed by atoms with Gasteiger partial charge in [0.25, 0.3) is 0 Å². The molecule has 0 saturated carbocycles. The van der Waals surface area contributed by atoms with Gasteiger partial charge in [-0.1, -0.05) is 30.3 Å². The second-order valence-corrected chi connectivity index (χ2v) is 2.97. The molecule has 0 aromatic heterocycles. The lowest BCUT2D eigenvalue weighted by molar-refractivity contribution is 0.0646. The molecule has 2 N–H and O–H groups in total. The van der Waals surface area contributed by atoms with Crippen LogP contribution in [0.1, 0.15) is 18.1 Å². The van der Waals surface area contributed by atoms with E-state index in [2.05, 4.69) is 0 Å². The SMILES string of the molecule is OC(CF)CC(O)c1ccccc1. The maximum absolute atomic E-state index is 11.9. The Hall–Kier alpha value is -0.930. The van der Waals surface area contributed by atoms with E-state index < -0.39 is 18.9 Å². The van der Waals surface area contributed by atoms with Crippen molar-refractivity contribution in [1.29, 1.82) is 0 Å². The highest BCUT2D eigenvalue weighted by Crippen LogP contribution is 2.17. The molecule has 13 heavy (non-hydrogen) atoms. The first kappa shape index (κ1) is 10.2. The molecule has 2 atom stereocenters. The Morgan fingerprint density at radius 3 is 2.31 bits per heavy atom. The first-order valence-corrected chi connectivity index (χ1v) is 4.21. The molecule has 0 bridgehead atoms. The average Bonchev–Trinajstić information content (AvgIpc) is 2.19. The summed E-state index contributed by atoms with van der Waals surface area (Å²) in [6, 6.07) is 8.91.